The minimum atomic E-state index is -0.105. The summed E-state index contributed by atoms with van der Waals surface area (Å²) < 4.78 is 4.93. The number of allylic oxidation sites excluding steroid dienone is 1. The van der Waals surface area contributed by atoms with Gasteiger partial charge in [-0.05, 0) is 25.3 Å². The van der Waals surface area contributed by atoms with Gasteiger partial charge in [0, 0.05) is 6.10 Å². The zero-order chi connectivity index (χ0) is 8.97. The Morgan fingerprint density at radius 2 is 2.23 bits per heavy atom. The van der Waals surface area contributed by atoms with Crippen molar-refractivity contribution in [2.45, 2.75) is 39.2 Å². The van der Waals surface area contributed by atoms with Gasteiger partial charge in [0.15, 0.2) is 0 Å². The van der Waals surface area contributed by atoms with Crippen LogP contribution in [0.25, 0.3) is 0 Å². The molecule has 13 heavy (non-hydrogen) atoms. The van der Waals surface area contributed by atoms with E-state index in [4.69, 9.17) is 4.74 Å². The summed E-state index contributed by atoms with van der Waals surface area (Å²) in [5, 5.41) is 10.9. The van der Waals surface area contributed by atoms with E-state index in [0.29, 0.717) is 0 Å². The third kappa shape index (κ3) is 3.13. The van der Waals surface area contributed by atoms with Crippen molar-refractivity contribution in [1.82, 2.24) is 0 Å². The molecular weight excluding hydrogens is 159 g/mol. The molecule has 0 aromatic carbocycles. The van der Waals surface area contributed by atoms with Crippen LogP contribution in [0.15, 0.2) is 23.7 Å². The van der Waals surface area contributed by atoms with Crippen molar-refractivity contribution < 1.29 is 28.7 Å². The van der Waals surface area contributed by atoms with Crippen LogP contribution < -0.4 is 24.0 Å². The quantitative estimate of drug-likeness (QED) is 0.393. The summed E-state index contributed by atoms with van der Waals surface area (Å²) in [6.07, 6.45) is 6.92. The molecule has 0 amide bonds. The summed E-state index contributed by atoms with van der Waals surface area (Å²) in [6, 6.07) is 0. The molecular formula is C10H15LiO2. The minimum Gasteiger partial charge on any atom is -0.601 e. The number of unbranched alkanes of at least 4 members (excludes halogenated alkanes) is 1. The molecule has 1 atom stereocenters. The molecule has 3 heteroatoms. The average molecular weight is 174 g/mol. The first-order valence-corrected chi connectivity index (χ1v) is 4.49. The van der Waals surface area contributed by atoms with Crippen molar-refractivity contribution in [2.24, 2.45) is 0 Å². The number of hydrogen-bond acceptors (Lipinski definition) is 2. The monoisotopic (exact) mass is 174 g/mol. The fourth-order valence-electron chi connectivity index (χ4n) is 1.26. The number of hydrogen-bond donors (Lipinski definition) is 0. The zero-order valence-corrected chi connectivity index (χ0v) is 8.67. The van der Waals surface area contributed by atoms with Crippen molar-refractivity contribution in [3.05, 3.63) is 23.7 Å². The molecule has 0 saturated carbocycles. The van der Waals surface area contributed by atoms with Crippen molar-refractivity contribution in [3.63, 3.8) is 0 Å². The molecule has 0 radical (unpaired) electrons. The molecule has 0 fully saturated rings. The van der Waals surface area contributed by atoms with E-state index >= 15 is 0 Å². The van der Waals surface area contributed by atoms with Gasteiger partial charge in [0.2, 0.25) is 0 Å². The normalized spacial score (nSPS) is 20.9. The van der Waals surface area contributed by atoms with E-state index in [2.05, 4.69) is 6.92 Å². The zero-order valence-electron chi connectivity index (χ0n) is 8.67. The molecule has 0 N–H and O–H groups in total. The second-order valence-corrected chi connectivity index (χ2v) is 2.98. The Morgan fingerprint density at radius 1 is 1.54 bits per heavy atom. The fourth-order valence-corrected chi connectivity index (χ4v) is 1.26. The maximum atomic E-state index is 10.9. The van der Waals surface area contributed by atoms with E-state index in [1.54, 1.807) is 0 Å². The van der Waals surface area contributed by atoms with Gasteiger partial charge in [0.1, 0.15) is 0 Å². The van der Waals surface area contributed by atoms with Gasteiger partial charge in [-0.1, -0.05) is 25.5 Å². The van der Waals surface area contributed by atoms with Crippen molar-refractivity contribution in [2.75, 3.05) is 0 Å². The predicted molar refractivity (Wildman–Crippen MR) is 46.2 cm³/mol. The molecule has 1 heterocycles. The Labute approximate surface area is 91.8 Å². The van der Waals surface area contributed by atoms with Crippen LogP contribution in [-0.2, 0) is 4.74 Å². The minimum absolute atomic E-state index is 0. The van der Waals surface area contributed by atoms with Crippen molar-refractivity contribution in [3.8, 4) is 0 Å². The third-order valence-electron chi connectivity index (χ3n) is 2.01. The second-order valence-electron chi connectivity index (χ2n) is 2.98. The Morgan fingerprint density at radius 3 is 2.69 bits per heavy atom. The fraction of sp³-hybridized carbons (Fsp3) is 0.600. The van der Waals surface area contributed by atoms with Gasteiger partial charge >= 0.3 is 18.9 Å². The molecule has 0 spiro atoms. The molecule has 0 aromatic rings. The molecule has 1 unspecified atom stereocenters. The van der Waals surface area contributed by atoms with E-state index in [1.807, 2.05) is 19.1 Å². The van der Waals surface area contributed by atoms with E-state index in [0.717, 1.165) is 24.8 Å². The van der Waals surface area contributed by atoms with Gasteiger partial charge in [0.05, 0.1) is 5.95 Å². The van der Waals surface area contributed by atoms with Gasteiger partial charge in [-0.3, -0.25) is 0 Å². The maximum absolute atomic E-state index is 10.9. The van der Waals surface area contributed by atoms with Crippen LogP contribution >= 0.6 is 0 Å². The SMILES string of the molecule is C/C=C/C1OC([O-])=C1CCCC.[Li+]. The first-order valence-electron chi connectivity index (χ1n) is 4.49. The summed E-state index contributed by atoms with van der Waals surface area (Å²) in [5.74, 6) is -0.105. The molecule has 68 valence electrons. The largest absolute Gasteiger partial charge is 1.00 e. The van der Waals surface area contributed by atoms with Crippen LogP contribution in [-0.4, -0.2) is 6.10 Å². The van der Waals surface area contributed by atoms with E-state index in [9.17, 15) is 5.11 Å². The smallest absolute Gasteiger partial charge is 0.601 e. The van der Waals surface area contributed by atoms with Crippen LogP contribution in [0.2, 0.25) is 0 Å². The third-order valence-corrected chi connectivity index (χ3v) is 2.01. The summed E-state index contributed by atoms with van der Waals surface area (Å²) in [5.41, 5.74) is 0.940. The van der Waals surface area contributed by atoms with Crippen LogP contribution in [0.4, 0.5) is 0 Å². The first-order chi connectivity index (χ1) is 5.79. The van der Waals surface area contributed by atoms with Gasteiger partial charge in [-0.25, -0.2) is 0 Å². The van der Waals surface area contributed by atoms with Gasteiger partial charge in [0.25, 0.3) is 0 Å². The van der Waals surface area contributed by atoms with Crippen LogP contribution in [0, 0.1) is 0 Å². The van der Waals surface area contributed by atoms with Crippen molar-refractivity contribution in [1.29, 1.82) is 0 Å². The van der Waals surface area contributed by atoms with E-state index in [1.165, 1.54) is 0 Å². The summed E-state index contributed by atoms with van der Waals surface area (Å²) >= 11 is 0. The number of rotatable bonds is 4. The Hall–Kier alpha value is -0.323. The molecule has 0 aliphatic carbocycles. The predicted octanol–water partition coefficient (Wildman–Crippen LogP) is -1.27. The Kier molecular flexibility index (Phi) is 6.03. The second kappa shape index (κ2) is 6.18. The summed E-state index contributed by atoms with van der Waals surface area (Å²) in [4.78, 5) is 0. The van der Waals surface area contributed by atoms with Gasteiger partial charge < -0.3 is 9.84 Å². The molecule has 2 nitrogen and oxygen atoms in total. The van der Waals surface area contributed by atoms with E-state index in [-0.39, 0.29) is 30.9 Å². The first kappa shape index (κ1) is 12.7. The molecule has 1 aliphatic heterocycles. The molecule has 0 aromatic heterocycles. The molecule has 1 aliphatic rings. The van der Waals surface area contributed by atoms with Gasteiger partial charge in [-0.2, -0.15) is 0 Å². The maximum Gasteiger partial charge on any atom is 1.00 e. The Balaban J connectivity index is 0.00000144. The topological polar surface area (TPSA) is 32.3 Å². The molecule has 0 saturated heterocycles. The van der Waals surface area contributed by atoms with E-state index < -0.39 is 0 Å². The molecule has 0 bridgehead atoms. The Bertz CT molecular complexity index is 209. The molecule has 1 rings (SSSR count). The van der Waals surface area contributed by atoms with Gasteiger partial charge in [-0.15, -0.1) is 0 Å². The standard InChI is InChI=1S/C10H16O2.Li/c1-3-5-7-8-9(6-4-2)12-10(8)11;/h4,6,9,11H,3,5,7H2,1-2H3;/q;+1/p-1/b6-4+;. The van der Waals surface area contributed by atoms with Crippen LogP contribution in [0.5, 0.6) is 0 Å². The summed E-state index contributed by atoms with van der Waals surface area (Å²) in [7, 11) is 0. The van der Waals surface area contributed by atoms with Crippen LogP contribution in [0.1, 0.15) is 33.1 Å². The average Bonchev–Trinajstić information content (AvgIpc) is 2.05. The summed E-state index contributed by atoms with van der Waals surface area (Å²) in [6.45, 7) is 4.05. The van der Waals surface area contributed by atoms with Crippen molar-refractivity contribution >= 4 is 0 Å². The van der Waals surface area contributed by atoms with Crippen LogP contribution in [0.3, 0.4) is 0 Å². The number of ether oxygens (including phenoxy) is 1.